The van der Waals surface area contributed by atoms with Crippen LogP contribution >= 0.6 is 0 Å². The molecule has 1 aromatic heterocycles. The molecular weight excluding hydrogens is 228 g/mol. The van der Waals surface area contributed by atoms with E-state index in [0.29, 0.717) is 5.56 Å². The van der Waals surface area contributed by atoms with Crippen molar-refractivity contribution in [1.29, 1.82) is 0 Å². The third-order valence-electron chi connectivity index (χ3n) is 2.74. The molecule has 2 rings (SSSR count). The molecule has 1 saturated heterocycles. The molecule has 0 aliphatic carbocycles. The van der Waals surface area contributed by atoms with Crippen LogP contribution in [0.5, 0.6) is 0 Å². The number of hydrogen-bond donors (Lipinski definition) is 2. The maximum absolute atomic E-state index is 10.8. The molecule has 0 saturated carbocycles. The van der Waals surface area contributed by atoms with Gasteiger partial charge in [-0.2, -0.15) is 0 Å². The van der Waals surface area contributed by atoms with Crippen molar-refractivity contribution in [3.05, 3.63) is 34.1 Å². The number of nitro groups is 1. The second kappa shape index (κ2) is 4.74. The molecule has 0 radical (unpaired) electrons. The Morgan fingerprint density at radius 2 is 2.24 bits per heavy atom. The van der Waals surface area contributed by atoms with Crippen LogP contribution < -0.4 is 0 Å². The number of aliphatic hydroxyl groups excluding tert-OH is 2. The molecule has 1 fully saturated rings. The third kappa shape index (κ3) is 2.41. The van der Waals surface area contributed by atoms with E-state index in [4.69, 9.17) is 4.74 Å². The van der Waals surface area contributed by atoms with E-state index in [1.165, 1.54) is 12.3 Å². The first-order chi connectivity index (χ1) is 8.09. The van der Waals surface area contributed by atoms with Crippen molar-refractivity contribution in [2.75, 3.05) is 6.61 Å². The highest BCUT2D eigenvalue weighted by Gasteiger charge is 2.32. The smallest absolute Gasteiger partial charge is 0.293 e. The minimum Gasteiger partial charge on any atom is -0.390 e. The van der Waals surface area contributed by atoms with Gasteiger partial charge in [0.15, 0.2) is 0 Å². The van der Waals surface area contributed by atoms with Gasteiger partial charge in [0.1, 0.15) is 12.3 Å². The summed E-state index contributed by atoms with van der Waals surface area (Å²) in [5.41, 5.74) is 0.233. The van der Waals surface area contributed by atoms with E-state index in [2.05, 4.69) is 4.98 Å². The van der Waals surface area contributed by atoms with Crippen molar-refractivity contribution < 1.29 is 19.9 Å². The molecule has 3 unspecified atom stereocenters. The van der Waals surface area contributed by atoms with Crippen LogP contribution in [0.2, 0.25) is 0 Å². The summed E-state index contributed by atoms with van der Waals surface area (Å²) in [6.45, 7) is -0.0364. The van der Waals surface area contributed by atoms with Gasteiger partial charge < -0.3 is 14.9 Å². The monoisotopic (exact) mass is 240 g/mol. The van der Waals surface area contributed by atoms with Crippen molar-refractivity contribution in [3.63, 3.8) is 0 Å². The summed E-state index contributed by atoms with van der Waals surface area (Å²) in [6, 6.07) is 1.49. The molecule has 17 heavy (non-hydrogen) atoms. The van der Waals surface area contributed by atoms with E-state index >= 15 is 0 Å². The second-order valence-corrected chi connectivity index (χ2v) is 3.88. The molecule has 1 aliphatic heterocycles. The van der Waals surface area contributed by atoms with Gasteiger partial charge in [0.25, 0.3) is 5.69 Å². The standard InChI is InChI=1S/C10H12N2O5/c13-8-3-10(17-5-9(8)14)6-1-2-11-4-7(6)12(15)16/h1-2,4,8-10,13-14H,3,5H2. The third-order valence-corrected chi connectivity index (χ3v) is 2.74. The summed E-state index contributed by atoms with van der Waals surface area (Å²) in [7, 11) is 0. The molecule has 1 aromatic rings. The molecule has 92 valence electrons. The summed E-state index contributed by atoms with van der Waals surface area (Å²) in [4.78, 5) is 14.0. The highest BCUT2D eigenvalue weighted by atomic mass is 16.6. The Bertz CT molecular complexity index is 425. The lowest BCUT2D eigenvalue weighted by Crippen LogP contribution is -2.38. The molecule has 1 aliphatic rings. The van der Waals surface area contributed by atoms with E-state index in [9.17, 15) is 20.3 Å². The van der Waals surface area contributed by atoms with Crippen molar-refractivity contribution in [3.8, 4) is 0 Å². The van der Waals surface area contributed by atoms with Gasteiger partial charge in [0.05, 0.1) is 29.3 Å². The Hall–Kier alpha value is -1.57. The largest absolute Gasteiger partial charge is 0.390 e. The van der Waals surface area contributed by atoms with Gasteiger partial charge in [0, 0.05) is 12.6 Å². The minimum atomic E-state index is -0.938. The lowest BCUT2D eigenvalue weighted by Gasteiger charge is -2.30. The summed E-state index contributed by atoms with van der Waals surface area (Å²) in [6.07, 6.45) is 0.260. The number of aliphatic hydroxyl groups is 2. The average molecular weight is 240 g/mol. The molecule has 3 atom stereocenters. The van der Waals surface area contributed by atoms with Crippen LogP contribution in [0.4, 0.5) is 5.69 Å². The van der Waals surface area contributed by atoms with Crippen LogP contribution in [0.3, 0.4) is 0 Å². The highest BCUT2D eigenvalue weighted by Crippen LogP contribution is 2.33. The number of aromatic nitrogens is 1. The molecule has 2 N–H and O–H groups in total. The number of ether oxygens (including phenoxy) is 1. The van der Waals surface area contributed by atoms with E-state index < -0.39 is 23.2 Å². The number of rotatable bonds is 2. The zero-order chi connectivity index (χ0) is 12.4. The molecule has 0 amide bonds. The lowest BCUT2D eigenvalue weighted by molar-refractivity contribution is -0.386. The van der Waals surface area contributed by atoms with Crippen molar-refractivity contribution in [2.24, 2.45) is 0 Å². The van der Waals surface area contributed by atoms with Crippen LogP contribution in [-0.2, 0) is 4.74 Å². The molecular formula is C10H12N2O5. The normalized spacial score (nSPS) is 28.9. The van der Waals surface area contributed by atoms with Crippen LogP contribution in [0.1, 0.15) is 18.1 Å². The molecule has 0 spiro atoms. The summed E-state index contributed by atoms with van der Waals surface area (Å²) in [5, 5.41) is 29.6. The van der Waals surface area contributed by atoms with Crippen LogP contribution in [0.25, 0.3) is 0 Å². The maximum atomic E-state index is 10.8. The SMILES string of the molecule is O=[N+]([O-])c1cnccc1C1CC(O)C(O)CO1. The molecule has 0 bridgehead atoms. The first-order valence-electron chi connectivity index (χ1n) is 5.15. The van der Waals surface area contributed by atoms with E-state index in [1.54, 1.807) is 0 Å². The fourth-order valence-corrected chi connectivity index (χ4v) is 1.81. The summed E-state index contributed by atoms with van der Waals surface area (Å²) >= 11 is 0. The van der Waals surface area contributed by atoms with E-state index in [0.717, 1.165) is 6.20 Å². The van der Waals surface area contributed by atoms with E-state index in [-0.39, 0.29) is 18.7 Å². The zero-order valence-electron chi connectivity index (χ0n) is 8.89. The van der Waals surface area contributed by atoms with Crippen LogP contribution in [0.15, 0.2) is 18.5 Å². The van der Waals surface area contributed by atoms with Gasteiger partial charge in [0.2, 0.25) is 0 Å². The highest BCUT2D eigenvalue weighted by molar-refractivity contribution is 5.38. The minimum absolute atomic E-state index is 0.0364. The summed E-state index contributed by atoms with van der Waals surface area (Å²) < 4.78 is 5.30. The van der Waals surface area contributed by atoms with Gasteiger partial charge in [-0.25, -0.2) is 0 Å². The molecule has 7 nitrogen and oxygen atoms in total. The van der Waals surface area contributed by atoms with Gasteiger partial charge in [-0.3, -0.25) is 15.1 Å². The fourth-order valence-electron chi connectivity index (χ4n) is 1.81. The Balaban J connectivity index is 2.25. The molecule has 7 heteroatoms. The topological polar surface area (TPSA) is 106 Å². The molecule has 2 heterocycles. The second-order valence-electron chi connectivity index (χ2n) is 3.88. The van der Waals surface area contributed by atoms with Crippen molar-refractivity contribution in [1.82, 2.24) is 4.98 Å². The van der Waals surface area contributed by atoms with Crippen molar-refractivity contribution >= 4 is 5.69 Å². The van der Waals surface area contributed by atoms with Crippen molar-refractivity contribution in [2.45, 2.75) is 24.7 Å². The van der Waals surface area contributed by atoms with Gasteiger partial charge >= 0.3 is 0 Å². The fraction of sp³-hybridized carbons (Fsp3) is 0.500. The van der Waals surface area contributed by atoms with E-state index in [1.807, 2.05) is 0 Å². The Morgan fingerprint density at radius 3 is 2.88 bits per heavy atom. The molecule has 0 aromatic carbocycles. The maximum Gasteiger partial charge on any atom is 0.293 e. The lowest BCUT2D eigenvalue weighted by atomic mass is 9.97. The summed E-state index contributed by atoms with van der Waals surface area (Å²) in [5.74, 6) is 0. The Labute approximate surface area is 96.8 Å². The Kier molecular flexibility index (Phi) is 3.32. The van der Waals surface area contributed by atoms with Gasteiger partial charge in [-0.05, 0) is 6.07 Å². The number of nitrogens with zero attached hydrogens (tertiary/aromatic N) is 2. The van der Waals surface area contributed by atoms with Gasteiger partial charge in [-0.1, -0.05) is 0 Å². The first-order valence-corrected chi connectivity index (χ1v) is 5.15. The van der Waals surface area contributed by atoms with Gasteiger partial charge in [-0.15, -0.1) is 0 Å². The number of hydrogen-bond acceptors (Lipinski definition) is 6. The first kappa shape index (κ1) is 11.9. The predicted octanol–water partition coefficient (Wildman–Crippen LogP) is 0.173. The zero-order valence-corrected chi connectivity index (χ0v) is 8.89. The average Bonchev–Trinajstić information content (AvgIpc) is 2.32. The quantitative estimate of drug-likeness (QED) is 0.564. The van der Waals surface area contributed by atoms with Crippen LogP contribution in [-0.4, -0.2) is 38.9 Å². The van der Waals surface area contributed by atoms with Crippen LogP contribution in [0, 0.1) is 10.1 Å². The number of pyridine rings is 1. The Morgan fingerprint density at radius 1 is 1.47 bits per heavy atom. The predicted molar refractivity (Wildman–Crippen MR) is 56.2 cm³/mol.